The molecule has 1 fully saturated rings. The molecule has 3 atom stereocenters. The summed E-state index contributed by atoms with van der Waals surface area (Å²) in [6.45, 7) is 3.07. The van der Waals surface area contributed by atoms with E-state index in [2.05, 4.69) is 29.7 Å². The average molecular weight is 208 g/mol. The number of carbonyl (C=O) groups excluding carboxylic acids is 1. The van der Waals surface area contributed by atoms with Crippen molar-refractivity contribution >= 4 is 5.91 Å². The molecule has 0 saturated carbocycles. The number of allylic oxidation sites excluding steroid dienone is 1. The SMILES string of the molecule is CC1NCCC1C(=O)NC1CC=CCC1. The van der Waals surface area contributed by atoms with Crippen LogP contribution in [0.15, 0.2) is 12.2 Å². The van der Waals surface area contributed by atoms with E-state index in [1.165, 1.54) is 0 Å². The number of amides is 1. The summed E-state index contributed by atoms with van der Waals surface area (Å²) in [5.41, 5.74) is 0. The molecule has 2 rings (SSSR count). The van der Waals surface area contributed by atoms with Crippen LogP contribution in [0.25, 0.3) is 0 Å². The molecule has 0 radical (unpaired) electrons. The molecule has 3 unspecified atom stereocenters. The molecular weight excluding hydrogens is 188 g/mol. The molecule has 15 heavy (non-hydrogen) atoms. The summed E-state index contributed by atoms with van der Waals surface area (Å²) in [4.78, 5) is 11.9. The maximum atomic E-state index is 11.9. The first kappa shape index (κ1) is 10.7. The molecule has 1 amide bonds. The molecule has 1 saturated heterocycles. The lowest BCUT2D eigenvalue weighted by Crippen LogP contribution is -2.42. The van der Waals surface area contributed by atoms with Crippen molar-refractivity contribution in [3.63, 3.8) is 0 Å². The molecule has 0 aromatic rings. The zero-order valence-electron chi connectivity index (χ0n) is 9.33. The van der Waals surface area contributed by atoms with E-state index in [-0.39, 0.29) is 11.8 Å². The van der Waals surface area contributed by atoms with Crippen LogP contribution in [0.3, 0.4) is 0 Å². The molecule has 1 aliphatic heterocycles. The molecule has 0 aromatic carbocycles. The van der Waals surface area contributed by atoms with E-state index in [9.17, 15) is 4.79 Å². The van der Waals surface area contributed by atoms with Crippen molar-refractivity contribution in [2.75, 3.05) is 6.54 Å². The zero-order chi connectivity index (χ0) is 10.7. The first-order chi connectivity index (χ1) is 7.27. The monoisotopic (exact) mass is 208 g/mol. The average Bonchev–Trinajstić information content (AvgIpc) is 2.66. The van der Waals surface area contributed by atoms with Crippen LogP contribution in [0.2, 0.25) is 0 Å². The second kappa shape index (κ2) is 4.79. The lowest BCUT2D eigenvalue weighted by atomic mass is 9.98. The van der Waals surface area contributed by atoms with Gasteiger partial charge in [-0.3, -0.25) is 4.79 Å². The third-order valence-corrected chi connectivity index (χ3v) is 3.48. The Labute approximate surface area is 91.3 Å². The van der Waals surface area contributed by atoms with Gasteiger partial charge in [0.25, 0.3) is 0 Å². The Morgan fingerprint density at radius 3 is 2.87 bits per heavy atom. The first-order valence-electron chi connectivity index (χ1n) is 5.96. The summed E-state index contributed by atoms with van der Waals surface area (Å²) in [5.74, 6) is 0.420. The Hall–Kier alpha value is -0.830. The summed E-state index contributed by atoms with van der Waals surface area (Å²) in [6.07, 6.45) is 8.54. The maximum absolute atomic E-state index is 11.9. The molecule has 0 aromatic heterocycles. The third-order valence-electron chi connectivity index (χ3n) is 3.48. The minimum atomic E-state index is 0.177. The minimum absolute atomic E-state index is 0.177. The van der Waals surface area contributed by atoms with Crippen LogP contribution in [0.1, 0.15) is 32.6 Å². The molecule has 2 aliphatic rings. The smallest absolute Gasteiger partial charge is 0.224 e. The van der Waals surface area contributed by atoms with E-state index in [1.54, 1.807) is 0 Å². The van der Waals surface area contributed by atoms with Gasteiger partial charge in [-0.05, 0) is 39.2 Å². The van der Waals surface area contributed by atoms with Gasteiger partial charge in [0.2, 0.25) is 5.91 Å². The van der Waals surface area contributed by atoms with Gasteiger partial charge < -0.3 is 10.6 Å². The summed E-state index contributed by atoms with van der Waals surface area (Å²) < 4.78 is 0. The van der Waals surface area contributed by atoms with Crippen molar-refractivity contribution in [1.82, 2.24) is 10.6 Å². The van der Waals surface area contributed by atoms with E-state index in [4.69, 9.17) is 0 Å². The maximum Gasteiger partial charge on any atom is 0.224 e. The van der Waals surface area contributed by atoms with Crippen LogP contribution in [0, 0.1) is 5.92 Å². The fraction of sp³-hybridized carbons (Fsp3) is 0.750. The van der Waals surface area contributed by atoms with Crippen LogP contribution in [-0.2, 0) is 4.79 Å². The lowest BCUT2D eigenvalue weighted by Gasteiger charge is -2.22. The second-order valence-electron chi connectivity index (χ2n) is 4.63. The normalized spacial score (nSPS) is 35.4. The molecule has 3 nitrogen and oxygen atoms in total. The van der Waals surface area contributed by atoms with Gasteiger partial charge in [0.05, 0.1) is 5.92 Å². The van der Waals surface area contributed by atoms with Crippen molar-refractivity contribution in [2.24, 2.45) is 5.92 Å². The molecule has 0 bridgehead atoms. The van der Waals surface area contributed by atoms with Crippen LogP contribution >= 0.6 is 0 Å². The van der Waals surface area contributed by atoms with Crippen LogP contribution in [0.5, 0.6) is 0 Å². The molecule has 2 N–H and O–H groups in total. The second-order valence-corrected chi connectivity index (χ2v) is 4.63. The number of nitrogens with one attached hydrogen (secondary N) is 2. The van der Waals surface area contributed by atoms with Gasteiger partial charge in [0, 0.05) is 12.1 Å². The molecule has 3 heteroatoms. The third kappa shape index (κ3) is 2.59. The van der Waals surface area contributed by atoms with Gasteiger partial charge in [-0.25, -0.2) is 0 Å². The van der Waals surface area contributed by atoms with Crippen molar-refractivity contribution in [1.29, 1.82) is 0 Å². The topological polar surface area (TPSA) is 41.1 Å². The van der Waals surface area contributed by atoms with Crippen molar-refractivity contribution < 1.29 is 4.79 Å². The summed E-state index contributed by atoms with van der Waals surface area (Å²) >= 11 is 0. The van der Waals surface area contributed by atoms with Crippen molar-refractivity contribution in [2.45, 2.75) is 44.7 Å². The largest absolute Gasteiger partial charge is 0.353 e. The first-order valence-corrected chi connectivity index (χ1v) is 5.96. The van der Waals surface area contributed by atoms with E-state index >= 15 is 0 Å². The molecule has 0 spiro atoms. The fourth-order valence-corrected chi connectivity index (χ4v) is 2.45. The highest BCUT2D eigenvalue weighted by atomic mass is 16.2. The lowest BCUT2D eigenvalue weighted by molar-refractivity contribution is -0.125. The highest BCUT2D eigenvalue weighted by Gasteiger charge is 2.30. The van der Waals surface area contributed by atoms with Gasteiger partial charge in [0.1, 0.15) is 0 Å². The van der Waals surface area contributed by atoms with Gasteiger partial charge in [0.15, 0.2) is 0 Å². The van der Waals surface area contributed by atoms with E-state index in [1.807, 2.05) is 0 Å². The Morgan fingerprint density at radius 2 is 2.27 bits per heavy atom. The zero-order valence-corrected chi connectivity index (χ0v) is 9.33. The van der Waals surface area contributed by atoms with Gasteiger partial charge in [-0.1, -0.05) is 12.2 Å². The van der Waals surface area contributed by atoms with E-state index < -0.39 is 0 Å². The van der Waals surface area contributed by atoms with Crippen LogP contribution in [0.4, 0.5) is 0 Å². The summed E-state index contributed by atoms with van der Waals surface area (Å²) in [7, 11) is 0. The highest BCUT2D eigenvalue weighted by Crippen LogP contribution is 2.17. The minimum Gasteiger partial charge on any atom is -0.353 e. The highest BCUT2D eigenvalue weighted by molar-refractivity contribution is 5.80. The Bertz CT molecular complexity index is 262. The van der Waals surface area contributed by atoms with Gasteiger partial charge in [-0.15, -0.1) is 0 Å². The number of hydrogen-bond donors (Lipinski definition) is 2. The Kier molecular flexibility index (Phi) is 3.41. The van der Waals surface area contributed by atoms with Crippen LogP contribution < -0.4 is 10.6 Å². The summed E-state index contributed by atoms with van der Waals surface area (Å²) in [5, 5.41) is 6.47. The van der Waals surface area contributed by atoms with Gasteiger partial charge >= 0.3 is 0 Å². The number of hydrogen-bond acceptors (Lipinski definition) is 2. The number of rotatable bonds is 2. The Morgan fingerprint density at radius 1 is 1.40 bits per heavy atom. The molecule has 84 valence electrons. The van der Waals surface area contributed by atoms with E-state index in [0.29, 0.717) is 12.1 Å². The fourth-order valence-electron chi connectivity index (χ4n) is 2.45. The predicted molar refractivity (Wildman–Crippen MR) is 60.5 cm³/mol. The number of carbonyl (C=O) groups is 1. The standard InChI is InChI=1S/C12H20N2O/c1-9-11(7-8-13-9)12(15)14-10-5-3-2-4-6-10/h2-3,9-11,13H,4-8H2,1H3,(H,14,15). The Balaban J connectivity index is 1.83. The summed E-state index contributed by atoms with van der Waals surface area (Å²) in [6, 6.07) is 0.708. The quantitative estimate of drug-likeness (QED) is 0.670. The molecular formula is C12H20N2O. The molecule has 1 aliphatic carbocycles. The van der Waals surface area contributed by atoms with Crippen molar-refractivity contribution in [3.8, 4) is 0 Å². The predicted octanol–water partition coefficient (Wildman–Crippen LogP) is 1.21. The van der Waals surface area contributed by atoms with Crippen molar-refractivity contribution in [3.05, 3.63) is 12.2 Å². The molecule has 1 heterocycles. The van der Waals surface area contributed by atoms with Crippen LogP contribution in [-0.4, -0.2) is 24.5 Å². The van der Waals surface area contributed by atoms with Gasteiger partial charge in [-0.2, -0.15) is 0 Å². The van der Waals surface area contributed by atoms with E-state index in [0.717, 1.165) is 32.2 Å².